The Morgan fingerprint density at radius 2 is 2.40 bits per heavy atom. The van der Waals surface area contributed by atoms with Crippen LogP contribution in [-0.4, -0.2) is 21.7 Å². The number of nitrogens with zero attached hydrogens (tertiary/aromatic N) is 1. The van der Waals surface area contributed by atoms with Gasteiger partial charge in [0, 0.05) is 18.1 Å². The van der Waals surface area contributed by atoms with E-state index in [9.17, 15) is 4.21 Å². The summed E-state index contributed by atoms with van der Waals surface area (Å²) in [4.78, 5) is 0. The Morgan fingerprint density at radius 3 is 3.00 bits per heavy atom. The van der Waals surface area contributed by atoms with Crippen LogP contribution in [-0.2, 0) is 22.0 Å². The maximum atomic E-state index is 11.4. The molecule has 82 valence electrons. The molecule has 1 unspecified atom stereocenters. The highest BCUT2D eigenvalue weighted by Gasteiger charge is 2.22. The molecule has 1 heterocycles. The lowest BCUT2D eigenvalue weighted by atomic mass is 10.1. The number of benzene rings is 1. The summed E-state index contributed by atoms with van der Waals surface area (Å²) in [5.41, 5.74) is 2.14. The minimum absolute atomic E-state index is 0.524. The first-order valence-electron chi connectivity index (χ1n) is 4.72. The summed E-state index contributed by atoms with van der Waals surface area (Å²) in [6.07, 6.45) is 0. The zero-order valence-corrected chi connectivity index (χ0v) is 9.98. The molecular formula is C10H12ClNO2S. The van der Waals surface area contributed by atoms with E-state index in [1.165, 1.54) is 0 Å². The van der Waals surface area contributed by atoms with Gasteiger partial charge in [-0.05, 0) is 24.1 Å². The van der Waals surface area contributed by atoms with Crippen molar-refractivity contribution >= 4 is 22.9 Å². The Bertz CT molecular complexity index is 377. The Morgan fingerprint density at radius 1 is 1.60 bits per heavy atom. The average molecular weight is 246 g/mol. The van der Waals surface area contributed by atoms with Crippen molar-refractivity contribution in [1.82, 2.24) is 4.31 Å². The van der Waals surface area contributed by atoms with E-state index in [-0.39, 0.29) is 0 Å². The summed E-state index contributed by atoms with van der Waals surface area (Å²) < 4.78 is 18.1. The molecule has 1 fully saturated rings. The van der Waals surface area contributed by atoms with E-state index < -0.39 is 11.3 Å². The van der Waals surface area contributed by atoms with Gasteiger partial charge in [-0.2, -0.15) is 4.31 Å². The van der Waals surface area contributed by atoms with Crippen LogP contribution in [0.25, 0.3) is 0 Å². The van der Waals surface area contributed by atoms with Crippen LogP contribution in [0.2, 0.25) is 5.02 Å². The summed E-state index contributed by atoms with van der Waals surface area (Å²) in [5.74, 6) is 0. The van der Waals surface area contributed by atoms with Crippen LogP contribution in [0.3, 0.4) is 0 Å². The van der Waals surface area contributed by atoms with Crippen molar-refractivity contribution in [3.8, 4) is 0 Å². The Labute approximate surface area is 96.8 Å². The van der Waals surface area contributed by atoms with Crippen molar-refractivity contribution in [3.05, 3.63) is 34.3 Å². The third-order valence-electron chi connectivity index (χ3n) is 2.42. The van der Waals surface area contributed by atoms with Crippen LogP contribution in [0.5, 0.6) is 0 Å². The van der Waals surface area contributed by atoms with Gasteiger partial charge in [-0.15, -0.1) is 0 Å². The van der Waals surface area contributed by atoms with Crippen molar-refractivity contribution in [1.29, 1.82) is 0 Å². The fourth-order valence-electron chi connectivity index (χ4n) is 1.53. The fraction of sp³-hybridized carbons (Fsp3) is 0.400. The normalized spacial score (nSPS) is 22.1. The molecule has 0 radical (unpaired) electrons. The van der Waals surface area contributed by atoms with E-state index in [4.69, 9.17) is 15.8 Å². The summed E-state index contributed by atoms with van der Waals surface area (Å²) in [6.45, 7) is 3.80. The molecule has 0 saturated carbocycles. The van der Waals surface area contributed by atoms with Crippen LogP contribution in [0.15, 0.2) is 18.2 Å². The van der Waals surface area contributed by atoms with Crippen molar-refractivity contribution < 1.29 is 8.39 Å². The van der Waals surface area contributed by atoms with Crippen molar-refractivity contribution in [3.63, 3.8) is 0 Å². The molecule has 0 spiro atoms. The molecule has 1 saturated heterocycles. The molecule has 1 atom stereocenters. The lowest BCUT2D eigenvalue weighted by molar-refractivity contribution is 0.386. The molecule has 15 heavy (non-hydrogen) atoms. The molecule has 1 aliphatic rings. The number of hydrogen-bond donors (Lipinski definition) is 0. The Balaban J connectivity index is 2.20. The van der Waals surface area contributed by atoms with E-state index in [1.807, 2.05) is 25.1 Å². The minimum atomic E-state index is -1.30. The van der Waals surface area contributed by atoms with Gasteiger partial charge < -0.3 is 0 Å². The quantitative estimate of drug-likeness (QED) is 0.798. The van der Waals surface area contributed by atoms with Crippen LogP contribution < -0.4 is 0 Å². The minimum Gasteiger partial charge on any atom is -0.277 e. The van der Waals surface area contributed by atoms with Crippen molar-refractivity contribution in [2.24, 2.45) is 0 Å². The van der Waals surface area contributed by atoms with Gasteiger partial charge in [0.15, 0.2) is 0 Å². The van der Waals surface area contributed by atoms with E-state index in [2.05, 4.69) is 0 Å². The average Bonchev–Trinajstić information content (AvgIpc) is 2.58. The predicted molar refractivity (Wildman–Crippen MR) is 60.7 cm³/mol. The molecule has 0 aliphatic carbocycles. The molecule has 5 heteroatoms. The zero-order valence-electron chi connectivity index (χ0n) is 8.40. The molecule has 3 nitrogen and oxygen atoms in total. The highest BCUT2D eigenvalue weighted by atomic mass is 35.5. The summed E-state index contributed by atoms with van der Waals surface area (Å²) in [6, 6.07) is 5.77. The van der Waals surface area contributed by atoms with Crippen LogP contribution >= 0.6 is 11.6 Å². The van der Waals surface area contributed by atoms with Gasteiger partial charge in [0.1, 0.15) is 0 Å². The standard InChI is InChI=1S/C10H12ClNO2S/c1-8-3-2-4-10(11)9(8)7-12-5-6-14-15(12)13/h2-4H,5-7H2,1H3. The van der Waals surface area contributed by atoms with Gasteiger partial charge in [0.2, 0.25) is 11.3 Å². The van der Waals surface area contributed by atoms with E-state index in [1.54, 1.807) is 4.31 Å². The SMILES string of the molecule is Cc1cccc(Cl)c1CN1CCOS1=O. The first kappa shape index (κ1) is 11.1. The smallest absolute Gasteiger partial charge is 0.237 e. The second kappa shape index (κ2) is 4.61. The van der Waals surface area contributed by atoms with Crippen LogP contribution in [0, 0.1) is 6.92 Å². The van der Waals surface area contributed by atoms with E-state index in [0.717, 1.165) is 16.1 Å². The molecule has 0 amide bonds. The first-order chi connectivity index (χ1) is 7.18. The molecule has 1 aliphatic heterocycles. The van der Waals surface area contributed by atoms with Crippen molar-refractivity contribution in [2.45, 2.75) is 13.5 Å². The predicted octanol–water partition coefficient (Wildman–Crippen LogP) is 2.06. The Kier molecular flexibility index (Phi) is 3.41. The van der Waals surface area contributed by atoms with Gasteiger partial charge in [-0.3, -0.25) is 4.18 Å². The molecule has 2 rings (SSSR count). The van der Waals surface area contributed by atoms with Crippen LogP contribution in [0.1, 0.15) is 11.1 Å². The Hall–Kier alpha value is -0.420. The lowest BCUT2D eigenvalue weighted by Crippen LogP contribution is -2.20. The van der Waals surface area contributed by atoms with Gasteiger partial charge in [0.05, 0.1) is 6.61 Å². The van der Waals surface area contributed by atoms with E-state index >= 15 is 0 Å². The van der Waals surface area contributed by atoms with E-state index in [0.29, 0.717) is 19.7 Å². The van der Waals surface area contributed by atoms with Gasteiger partial charge in [0.25, 0.3) is 0 Å². The number of hydrogen-bond acceptors (Lipinski definition) is 2. The molecule has 0 bridgehead atoms. The molecule has 0 N–H and O–H groups in total. The van der Waals surface area contributed by atoms with Gasteiger partial charge in [-0.25, -0.2) is 4.21 Å². The fourth-order valence-corrected chi connectivity index (χ4v) is 2.64. The first-order valence-corrected chi connectivity index (χ1v) is 6.13. The lowest BCUT2D eigenvalue weighted by Gasteiger charge is -2.14. The molecular weight excluding hydrogens is 234 g/mol. The van der Waals surface area contributed by atoms with Crippen molar-refractivity contribution in [2.75, 3.05) is 13.2 Å². The second-order valence-corrected chi connectivity index (χ2v) is 5.03. The topological polar surface area (TPSA) is 29.5 Å². The third-order valence-corrected chi connectivity index (χ3v) is 3.88. The summed E-state index contributed by atoms with van der Waals surface area (Å²) in [5, 5.41) is 0.721. The molecule has 1 aromatic rings. The zero-order chi connectivity index (χ0) is 10.8. The number of aryl methyl sites for hydroxylation is 1. The van der Waals surface area contributed by atoms with Gasteiger partial charge in [-0.1, -0.05) is 23.7 Å². The largest absolute Gasteiger partial charge is 0.277 e. The van der Waals surface area contributed by atoms with Gasteiger partial charge >= 0.3 is 0 Å². The number of rotatable bonds is 2. The highest BCUT2D eigenvalue weighted by molar-refractivity contribution is 7.77. The monoisotopic (exact) mass is 245 g/mol. The highest BCUT2D eigenvalue weighted by Crippen LogP contribution is 2.23. The second-order valence-electron chi connectivity index (χ2n) is 3.44. The molecule has 0 aromatic heterocycles. The number of halogens is 1. The summed E-state index contributed by atoms with van der Waals surface area (Å²) >= 11 is 4.79. The maximum absolute atomic E-state index is 11.4. The van der Waals surface area contributed by atoms with Crippen LogP contribution in [0.4, 0.5) is 0 Å². The molecule has 1 aromatic carbocycles. The summed E-state index contributed by atoms with van der Waals surface area (Å²) in [7, 11) is 0. The maximum Gasteiger partial charge on any atom is 0.237 e. The third kappa shape index (κ3) is 2.39.